The number of ether oxygens (including phenoxy) is 1. The van der Waals surface area contributed by atoms with Gasteiger partial charge in [-0.15, -0.1) is 17.5 Å². The molecule has 0 amide bonds. The summed E-state index contributed by atoms with van der Waals surface area (Å²) in [6.45, 7) is 1.72. The van der Waals surface area contributed by atoms with Crippen molar-refractivity contribution >= 4 is 32.7 Å². The Bertz CT molecular complexity index is 1860. The van der Waals surface area contributed by atoms with E-state index in [1.165, 1.54) is 12.1 Å². The number of aromatic nitrogens is 3. The van der Waals surface area contributed by atoms with Crippen molar-refractivity contribution in [3.8, 4) is 23.2 Å². The fraction of sp³-hybridized carbons (Fsp3) is 0.133. The van der Waals surface area contributed by atoms with Gasteiger partial charge >= 0.3 is 0 Å². The maximum atomic E-state index is 10.4. The molecule has 0 aliphatic carbocycles. The van der Waals surface area contributed by atoms with Gasteiger partial charge in [0.15, 0.2) is 0 Å². The van der Waals surface area contributed by atoms with Crippen molar-refractivity contribution in [1.82, 2.24) is 14.5 Å². The summed E-state index contributed by atoms with van der Waals surface area (Å²) in [5.41, 5.74) is 4.11. The Morgan fingerprint density at radius 2 is 1.81 bits per heavy atom. The van der Waals surface area contributed by atoms with Crippen LogP contribution in [-0.2, 0) is 27.5 Å². The molecule has 0 bridgehead atoms. The SMILES string of the molecule is [2H]C([2H])([2H])c1cc(Oc2[c-]c3c(cc2)c2ccccc2n3-c2cc(C)cc(CC)n2)nc2c(O)cccc12.[Pt]. The van der Waals surface area contributed by atoms with Crippen LogP contribution in [-0.4, -0.2) is 19.6 Å². The molecule has 36 heavy (non-hydrogen) atoms. The molecule has 0 aliphatic rings. The number of fused-ring (bicyclic) bond motifs is 4. The Hall–Kier alpha value is -3.69. The molecule has 1 N–H and O–H groups in total. The van der Waals surface area contributed by atoms with Crippen LogP contribution < -0.4 is 4.74 Å². The van der Waals surface area contributed by atoms with Gasteiger partial charge in [0.2, 0.25) is 5.88 Å². The topological polar surface area (TPSA) is 60.2 Å². The van der Waals surface area contributed by atoms with E-state index in [-0.39, 0.29) is 43.8 Å². The minimum atomic E-state index is -2.42. The average Bonchev–Trinajstić information content (AvgIpc) is 3.21. The molecule has 3 aromatic heterocycles. The molecule has 0 unspecified atom stereocenters. The third-order valence-electron chi connectivity index (χ3n) is 6.17. The van der Waals surface area contributed by atoms with Crippen molar-refractivity contribution in [2.24, 2.45) is 0 Å². The third kappa shape index (κ3) is 4.04. The first kappa shape index (κ1) is 20.5. The average molecular weight is 657 g/mol. The van der Waals surface area contributed by atoms with Gasteiger partial charge in [-0.3, -0.25) is 0 Å². The second kappa shape index (κ2) is 9.40. The van der Waals surface area contributed by atoms with Gasteiger partial charge in [-0.1, -0.05) is 42.8 Å². The van der Waals surface area contributed by atoms with Crippen LogP contribution in [0, 0.1) is 19.8 Å². The Kier molecular flexibility index (Phi) is 5.35. The number of para-hydroxylation sites is 2. The van der Waals surface area contributed by atoms with Gasteiger partial charge in [-0.2, -0.15) is 6.07 Å². The van der Waals surface area contributed by atoms with Gasteiger partial charge in [0.25, 0.3) is 0 Å². The summed E-state index contributed by atoms with van der Waals surface area (Å²) >= 11 is 0. The Balaban J connectivity index is 0.00000308. The number of nitrogens with zero attached hydrogens (tertiary/aromatic N) is 3. The number of hydrogen-bond acceptors (Lipinski definition) is 4. The predicted octanol–water partition coefficient (Wildman–Crippen LogP) is 7.20. The number of aromatic hydroxyl groups is 1. The maximum Gasteiger partial charge on any atom is 0.217 e. The number of benzene rings is 3. The summed E-state index contributed by atoms with van der Waals surface area (Å²) in [5, 5.41) is 12.8. The summed E-state index contributed by atoms with van der Waals surface area (Å²) in [6.07, 6.45) is 0.816. The van der Waals surface area contributed by atoms with Crippen molar-refractivity contribution in [3.05, 3.63) is 95.7 Å². The summed E-state index contributed by atoms with van der Waals surface area (Å²) in [7, 11) is 0. The molecule has 6 heteroatoms. The molecule has 0 saturated heterocycles. The monoisotopic (exact) mass is 656 g/mol. The maximum absolute atomic E-state index is 10.4. The quantitative estimate of drug-likeness (QED) is 0.204. The first-order valence-electron chi connectivity index (χ1n) is 13.0. The van der Waals surface area contributed by atoms with E-state index in [9.17, 15) is 5.11 Å². The van der Waals surface area contributed by atoms with E-state index in [0.717, 1.165) is 45.3 Å². The summed E-state index contributed by atoms with van der Waals surface area (Å²) < 4.78 is 32.1. The number of rotatable bonds is 4. The molecule has 0 aliphatic heterocycles. The van der Waals surface area contributed by atoms with Crippen molar-refractivity contribution in [2.45, 2.75) is 27.1 Å². The minimum absolute atomic E-state index is 0. The first-order chi connectivity index (χ1) is 18.2. The molecule has 6 aromatic rings. The van der Waals surface area contributed by atoms with Crippen LogP contribution in [0.15, 0.2) is 72.8 Å². The first-order valence-corrected chi connectivity index (χ1v) is 11.5. The standard InChI is InChI=1S/C30H24N3O2.Pt/c1-4-20-14-18(2)15-28(31-20)33-25-10-6-5-8-23(25)24-13-12-21(17-26(24)33)35-29-16-19(3)22-9-7-11-27(34)30(22)32-29;/h5-16,34H,4H2,1-3H3;/q-1;/i3D3;. The van der Waals surface area contributed by atoms with E-state index in [4.69, 9.17) is 13.8 Å². The smallest absolute Gasteiger partial charge is 0.217 e. The van der Waals surface area contributed by atoms with Crippen LogP contribution in [0.3, 0.4) is 0 Å². The number of hydrogen-bond donors (Lipinski definition) is 1. The molecule has 0 radical (unpaired) electrons. The van der Waals surface area contributed by atoms with Gasteiger partial charge in [0.05, 0.1) is 0 Å². The summed E-state index contributed by atoms with van der Waals surface area (Å²) in [6, 6.07) is 25.4. The van der Waals surface area contributed by atoms with Crippen molar-refractivity contribution in [1.29, 1.82) is 0 Å². The molecule has 3 heterocycles. The van der Waals surface area contributed by atoms with E-state index < -0.39 is 6.85 Å². The number of pyridine rings is 2. The molecule has 0 saturated carbocycles. The molecule has 182 valence electrons. The minimum Gasteiger partial charge on any atom is -0.506 e. The second-order valence-electron chi connectivity index (χ2n) is 8.57. The predicted molar refractivity (Wildman–Crippen MR) is 140 cm³/mol. The van der Waals surface area contributed by atoms with Gasteiger partial charge in [-0.25, -0.2) is 9.97 Å². The molecule has 0 fully saturated rings. The van der Waals surface area contributed by atoms with Crippen LogP contribution in [0.25, 0.3) is 38.5 Å². The Morgan fingerprint density at radius 3 is 2.64 bits per heavy atom. The third-order valence-corrected chi connectivity index (χ3v) is 6.17. The van der Waals surface area contributed by atoms with Crippen LogP contribution in [0.1, 0.15) is 27.9 Å². The van der Waals surface area contributed by atoms with Crippen LogP contribution in [0.4, 0.5) is 0 Å². The fourth-order valence-electron chi connectivity index (χ4n) is 4.56. The second-order valence-corrected chi connectivity index (χ2v) is 8.57. The van der Waals surface area contributed by atoms with Gasteiger partial charge in [0.1, 0.15) is 17.1 Å². The fourth-order valence-corrected chi connectivity index (χ4v) is 4.56. The van der Waals surface area contributed by atoms with E-state index in [1.54, 1.807) is 18.2 Å². The number of phenolic OH excluding ortho intramolecular Hbond substituents is 1. The zero-order valence-electron chi connectivity index (χ0n) is 22.6. The van der Waals surface area contributed by atoms with Gasteiger partial charge in [0, 0.05) is 53.6 Å². The molecule has 6 rings (SSSR count). The number of phenols is 1. The zero-order valence-corrected chi connectivity index (χ0v) is 21.9. The van der Waals surface area contributed by atoms with Gasteiger partial charge < -0.3 is 14.4 Å². The normalized spacial score (nSPS) is 12.8. The van der Waals surface area contributed by atoms with Crippen molar-refractivity contribution in [3.63, 3.8) is 0 Å². The van der Waals surface area contributed by atoms with Crippen molar-refractivity contribution < 1.29 is 35.0 Å². The Labute approximate surface area is 227 Å². The van der Waals surface area contributed by atoms with Gasteiger partial charge in [-0.05, 0) is 61.0 Å². The van der Waals surface area contributed by atoms with E-state index >= 15 is 0 Å². The molecule has 0 atom stereocenters. The van der Waals surface area contributed by atoms with Crippen LogP contribution in [0.2, 0.25) is 0 Å². The molecule has 3 aromatic carbocycles. The summed E-state index contributed by atoms with van der Waals surface area (Å²) in [4.78, 5) is 9.31. The molecular formula is C30H24N3O2Pt-. The van der Waals surface area contributed by atoms with Crippen molar-refractivity contribution in [2.75, 3.05) is 0 Å². The molecular weight excluding hydrogens is 629 g/mol. The number of aryl methyl sites for hydroxylation is 3. The Morgan fingerprint density at radius 1 is 0.972 bits per heavy atom. The van der Waals surface area contributed by atoms with E-state index in [2.05, 4.69) is 47.7 Å². The summed E-state index contributed by atoms with van der Waals surface area (Å²) in [5.74, 6) is 1.10. The van der Waals surface area contributed by atoms with Crippen LogP contribution >= 0.6 is 0 Å². The van der Waals surface area contributed by atoms with Crippen LogP contribution in [0.5, 0.6) is 17.4 Å². The molecule has 0 spiro atoms. The largest absolute Gasteiger partial charge is 0.506 e. The zero-order chi connectivity index (χ0) is 26.6. The molecule has 5 nitrogen and oxygen atoms in total. The van der Waals surface area contributed by atoms with E-state index in [1.807, 2.05) is 24.3 Å². The van der Waals surface area contributed by atoms with E-state index in [0.29, 0.717) is 11.1 Å².